The van der Waals surface area contributed by atoms with E-state index >= 15 is 0 Å². The summed E-state index contributed by atoms with van der Waals surface area (Å²) in [7, 11) is 0. The first-order valence-electron chi connectivity index (χ1n) is 4.00. The summed E-state index contributed by atoms with van der Waals surface area (Å²) in [5, 5.41) is 12.0. The zero-order valence-electron chi connectivity index (χ0n) is 7.72. The van der Waals surface area contributed by atoms with Gasteiger partial charge in [-0.1, -0.05) is 11.6 Å². The molecule has 1 unspecified atom stereocenters. The van der Waals surface area contributed by atoms with Crippen LogP contribution in [0.25, 0.3) is 0 Å². The van der Waals surface area contributed by atoms with Crippen LogP contribution in [0.3, 0.4) is 0 Å². The number of nitrogen functional groups attached to an aromatic ring is 1. The largest absolute Gasteiger partial charge is 0.435 e. The summed E-state index contributed by atoms with van der Waals surface area (Å²) in [5.41, 5.74) is 3.40. The third-order valence-electron chi connectivity index (χ3n) is 1.65. The maximum Gasteiger partial charge on any atom is 0.435 e. The monoisotopic (exact) mass is 243 g/mol. The molecule has 0 spiro atoms. The summed E-state index contributed by atoms with van der Waals surface area (Å²) in [6, 6.07) is 0. The predicted molar refractivity (Wildman–Crippen MR) is 48.3 cm³/mol. The number of halogens is 4. The normalized spacial score (nSPS) is 14.3. The second-order valence-corrected chi connectivity index (χ2v) is 3.44. The van der Waals surface area contributed by atoms with E-state index in [0.717, 1.165) is 0 Å². The number of nitrogens with zero attached hydrogens (tertiary/aromatic N) is 2. The average molecular weight is 244 g/mol. The molecular formula is C7H9ClF3N3O. The van der Waals surface area contributed by atoms with Crippen LogP contribution in [-0.2, 0) is 12.7 Å². The standard InChI is InChI=1S/C7H9ClF3N3O/c1-3(15)2-14-5(7(9,10)11)4(12)6(8)13-14/h3,15H,2,12H2,1H3. The molecule has 4 nitrogen and oxygen atoms in total. The molecular weight excluding hydrogens is 235 g/mol. The molecule has 1 aromatic heterocycles. The number of aliphatic hydroxyl groups is 1. The van der Waals surface area contributed by atoms with Crippen LogP contribution in [0.5, 0.6) is 0 Å². The molecule has 1 atom stereocenters. The van der Waals surface area contributed by atoms with Gasteiger partial charge in [0.2, 0.25) is 0 Å². The van der Waals surface area contributed by atoms with Crippen molar-refractivity contribution in [3.8, 4) is 0 Å². The van der Waals surface area contributed by atoms with Crippen molar-refractivity contribution in [1.82, 2.24) is 9.78 Å². The maximum absolute atomic E-state index is 12.5. The van der Waals surface area contributed by atoms with E-state index in [1.807, 2.05) is 0 Å². The quantitative estimate of drug-likeness (QED) is 0.828. The van der Waals surface area contributed by atoms with Crippen molar-refractivity contribution in [1.29, 1.82) is 0 Å². The number of hydrogen-bond donors (Lipinski definition) is 2. The molecule has 8 heteroatoms. The molecule has 0 aromatic carbocycles. The zero-order valence-corrected chi connectivity index (χ0v) is 8.47. The molecule has 15 heavy (non-hydrogen) atoms. The van der Waals surface area contributed by atoms with E-state index in [1.165, 1.54) is 6.92 Å². The minimum Gasteiger partial charge on any atom is -0.394 e. The van der Waals surface area contributed by atoms with Gasteiger partial charge in [-0.05, 0) is 6.92 Å². The Morgan fingerprint density at radius 1 is 1.60 bits per heavy atom. The van der Waals surface area contributed by atoms with E-state index in [4.69, 9.17) is 22.4 Å². The molecule has 0 saturated carbocycles. The molecule has 0 radical (unpaired) electrons. The van der Waals surface area contributed by atoms with E-state index < -0.39 is 28.8 Å². The lowest BCUT2D eigenvalue weighted by Gasteiger charge is -2.11. The van der Waals surface area contributed by atoms with Crippen LogP contribution in [0.2, 0.25) is 5.15 Å². The van der Waals surface area contributed by atoms with Gasteiger partial charge < -0.3 is 10.8 Å². The highest BCUT2D eigenvalue weighted by molar-refractivity contribution is 6.32. The van der Waals surface area contributed by atoms with Gasteiger partial charge in [-0.3, -0.25) is 4.68 Å². The first kappa shape index (κ1) is 12.1. The van der Waals surface area contributed by atoms with Crippen LogP contribution in [-0.4, -0.2) is 21.0 Å². The molecule has 86 valence electrons. The van der Waals surface area contributed by atoms with E-state index in [0.29, 0.717) is 4.68 Å². The second-order valence-electron chi connectivity index (χ2n) is 3.08. The fourth-order valence-electron chi connectivity index (χ4n) is 1.13. The van der Waals surface area contributed by atoms with Crippen molar-refractivity contribution in [2.24, 2.45) is 0 Å². The van der Waals surface area contributed by atoms with Crippen LogP contribution in [0.1, 0.15) is 12.6 Å². The van der Waals surface area contributed by atoms with Gasteiger partial charge in [0.25, 0.3) is 0 Å². The van der Waals surface area contributed by atoms with Gasteiger partial charge in [0.15, 0.2) is 10.8 Å². The SMILES string of the molecule is CC(O)Cn1nc(Cl)c(N)c1C(F)(F)F. The molecule has 0 bridgehead atoms. The summed E-state index contributed by atoms with van der Waals surface area (Å²) in [4.78, 5) is 0. The fourth-order valence-corrected chi connectivity index (χ4v) is 1.31. The van der Waals surface area contributed by atoms with E-state index in [2.05, 4.69) is 5.10 Å². The number of alkyl halides is 3. The van der Waals surface area contributed by atoms with Crippen molar-refractivity contribution in [3.63, 3.8) is 0 Å². The summed E-state index contributed by atoms with van der Waals surface area (Å²) in [6.07, 6.45) is -5.61. The number of hydrogen-bond acceptors (Lipinski definition) is 3. The Balaban J connectivity index is 3.21. The first-order valence-corrected chi connectivity index (χ1v) is 4.38. The van der Waals surface area contributed by atoms with Gasteiger partial charge in [0.1, 0.15) is 5.69 Å². The van der Waals surface area contributed by atoms with Crippen LogP contribution < -0.4 is 5.73 Å². The van der Waals surface area contributed by atoms with Crippen molar-refractivity contribution in [2.75, 3.05) is 5.73 Å². The topological polar surface area (TPSA) is 64.1 Å². The lowest BCUT2D eigenvalue weighted by molar-refractivity contribution is -0.144. The Kier molecular flexibility index (Phi) is 3.15. The first-order chi connectivity index (χ1) is 6.73. The summed E-state index contributed by atoms with van der Waals surface area (Å²) in [6.45, 7) is 1.03. The van der Waals surface area contributed by atoms with E-state index in [-0.39, 0.29) is 6.54 Å². The third kappa shape index (κ3) is 2.54. The Morgan fingerprint density at radius 3 is 2.53 bits per heavy atom. The van der Waals surface area contributed by atoms with Gasteiger partial charge in [-0.15, -0.1) is 0 Å². The molecule has 0 amide bonds. The highest BCUT2D eigenvalue weighted by Crippen LogP contribution is 2.36. The Labute approximate surface area is 88.4 Å². The van der Waals surface area contributed by atoms with Crippen LogP contribution in [0, 0.1) is 0 Å². The van der Waals surface area contributed by atoms with Crippen LogP contribution >= 0.6 is 11.6 Å². The maximum atomic E-state index is 12.5. The average Bonchev–Trinajstić information content (AvgIpc) is 2.24. The van der Waals surface area contributed by atoms with Crippen LogP contribution in [0.4, 0.5) is 18.9 Å². The fraction of sp³-hybridized carbons (Fsp3) is 0.571. The lowest BCUT2D eigenvalue weighted by atomic mass is 10.3. The molecule has 1 rings (SSSR count). The van der Waals surface area contributed by atoms with Crippen molar-refractivity contribution >= 4 is 17.3 Å². The number of aliphatic hydroxyl groups excluding tert-OH is 1. The minimum absolute atomic E-state index is 0.314. The van der Waals surface area contributed by atoms with Gasteiger partial charge >= 0.3 is 6.18 Å². The van der Waals surface area contributed by atoms with Gasteiger partial charge in [-0.2, -0.15) is 18.3 Å². The summed E-state index contributed by atoms with van der Waals surface area (Å²) in [5.74, 6) is 0. The van der Waals surface area contributed by atoms with Gasteiger partial charge in [0.05, 0.1) is 12.6 Å². The highest BCUT2D eigenvalue weighted by Gasteiger charge is 2.39. The number of nitrogens with two attached hydrogens (primary N) is 1. The molecule has 0 aliphatic rings. The Bertz CT molecular complexity index is 361. The molecule has 1 aromatic rings. The number of aromatic nitrogens is 2. The molecule has 0 aliphatic carbocycles. The van der Waals surface area contributed by atoms with E-state index in [9.17, 15) is 13.2 Å². The Morgan fingerprint density at radius 2 is 2.13 bits per heavy atom. The summed E-state index contributed by atoms with van der Waals surface area (Å²) >= 11 is 5.39. The summed E-state index contributed by atoms with van der Waals surface area (Å²) < 4.78 is 38.0. The zero-order chi connectivity index (χ0) is 11.8. The molecule has 1 heterocycles. The molecule has 0 saturated heterocycles. The molecule has 0 aliphatic heterocycles. The Hall–Kier alpha value is -0.950. The number of rotatable bonds is 2. The van der Waals surface area contributed by atoms with E-state index in [1.54, 1.807) is 0 Å². The van der Waals surface area contributed by atoms with Crippen LogP contribution in [0.15, 0.2) is 0 Å². The van der Waals surface area contributed by atoms with Gasteiger partial charge in [-0.25, -0.2) is 0 Å². The smallest absolute Gasteiger partial charge is 0.394 e. The van der Waals surface area contributed by atoms with Crippen molar-refractivity contribution in [2.45, 2.75) is 25.7 Å². The minimum atomic E-state index is -4.64. The predicted octanol–water partition coefficient (Wildman–Crippen LogP) is 1.52. The molecule has 3 N–H and O–H groups in total. The highest BCUT2D eigenvalue weighted by atomic mass is 35.5. The lowest BCUT2D eigenvalue weighted by Crippen LogP contribution is -2.21. The van der Waals surface area contributed by atoms with Gasteiger partial charge in [0, 0.05) is 0 Å². The molecule has 0 fully saturated rings. The third-order valence-corrected chi connectivity index (χ3v) is 1.93. The van der Waals surface area contributed by atoms with Crippen molar-refractivity contribution in [3.05, 3.63) is 10.8 Å². The number of anilines is 1. The van der Waals surface area contributed by atoms with Crippen molar-refractivity contribution < 1.29 is 18.3 Å². The second kappa shape index (κ2) is 3.90.